The van der Waals surface area contributed by atoms with Crippen molar-refractivity contribution in [3.63, 3.8) is 0 Å². The molecule has 11 aromatic carbocycles. The second kappa shape index (κ2) is 12.5. The van der Waals surface area contributed by atoms with Crippen molar-refractivity contribution >= 4 is 64.6 Å². The molecule has 12 rings (SSSR count). The fourth-order valence-electron chi connectivity index (χ4n) is 9.21. The van der Waals surface area contributed by atoms with E-state index in [1.807, 2.05) is 0 Å². The molecule has 0 atom stereocenters. The number of nitrogens with zero attached hydrogens (tertiary/aromatic N) is 3. The zero-order valence-electron chi connectivity index (χ0n) is 32.1. The van der Waals surface area contributed by atoms with Gasteiger partial charge in [-0.2, -0.15) is 0 Å². The summed E-state index contributed by atoms with van der Waals surface area (Å²) >= 11 is 0. The van der Waals surface area contributed by atoms with Gasteiger partial charge in [0, 0.05) is 16.7 Å². The molecule has 0 fully saturated rings. The Hall–Kier alpha value is -7.49. The molecule has 0 saturated heterocycles. The SMILES string of the molecule is Cc1ccc(-c2nc(-c3ccc(C)cc3)nc(-c3cc(-c4ccc5ccc6cccc7ccc4c5c67)cc(-c4ccc5ccc6cccc7ccc4c5c67)c3)n2)cc1. The number of hydrogen-bond acceptors (Lipinski definition) is 3. The first-order valence-corrected chi connectivity index (χ1v) is 19.9. The number of hydrogen-bond donors (Lipinski definition) is 0. The van der Waals surface area contributed by atoms with Crippen LogP contribution in [0.25, 0.3) is 121 Å². The van der Waals surface area contributed by atoms with E-state index in [9.17, 15) is 0 Å². The van der Waals surface area contributed by atoms with Gasteiger partial charge in [0.2, 0.25) is 0 Å². The Labute approximate surface area is 335 Å². The molecule has 0 aliphatic heterocycles. The van der Waals surface area contributed by atoms with Crippen molar-refractivity contribution in [3.8, 4) is 56.4 Å². The average molecular weight is 738 g/mol. The molecule has 1 heterocycles. The van der Waals surface area contributed by atoms with Gasteiger partial charge < -0.3 is 0 Å². The zero-order valence-corrected chi connectivity index (χ0v) is 32.1. The van der Waals surface area contributed by atoms with E-state index in [1.165, 1.54) is 86.9 Å². The van der Waals surface area contributed by atoms with Gasteiger partial charge >= 0.3 is 0 Å². The minimum Gasteiger partial charge on any atom is -0.208 e. The highest BCUT2D eigenvalue weighted by molar-refractivity contribution is 6.27. The molecule has 0 aliphatic carbocycles. The predicted octanol–water partition coefficient (Wildman–Crippen LogP) is 14.6. The third-order valence-electron chi connectivity index (χ3n) is 12.1. The highest BCUT2D eigenvalue weighted by atomic mass is 15.0. The van der Waals surface area contributed by atoms with Crippen molar-refractivity contribution in [3.05, 3.63) is 187 Å². The number of rotatable bonds is 5. The lowest BCUT2D eigenvalue weighted by atomic mass is 9.86. The first-order valence-electron chi connectivity index (χ1n) is 19.9. The first kappa shape index (κ1) is 32.7. The van der Waals surface area contributed by atoms with E-state index in [0.717, 1.165) is 27.8 Å². The summed E-state index contributed by atoms with van der Waals surface area (Å²) in [6.45, 7) is 4.20. The minimum absolute atomic E-state index is 0.639. The summed E-state index contributed by atoms with van der Waals surface area (Å²) in [5.74, 6) is 1.94. The van der Waals surface area contributed by atoms with Crippen molar-refractivity contribution in [1.29, 1.82) is 0 Å². The second-order valence-corrected chi connectivity index (χ2v) is 15.8. The van der Waals surface area contributed by atoms with Crippen molar-refractivity contribution in [1.82, 2.24) is 15.0 Å². The molecule has 0 unspecified atom stereocenters. The minimum atomic E-state index is 0.639. The Balaban J connectivity index is 1.16. The molecule has 58 heavy (non-hydrogen) atoms. The molecule has 1 aromatic heterocycles. The predicted molar refractivity (Wildman–Crippen MR) is 244 cm³/mol. The van der Waals surface area contributed by atoms with Crippen molar-refractivity contribution in [2.75, 3.05) is 0 Å². The van der Waals surface area contributed by atoms with E-state index < -0.39 is 0 Å². The van der Waals surface area contributed by atoms with Crippen LogP contribution >= 0.6 is 0 Å². The summed E-state index contributed by atoms with van der Waals surface area (Å²) < 4.78 is 0. The van der Waals surface area contributed by atoms with Gasteiger partial charge in [0.25, 0.3) is 0 Å². The topological polar surface area (TPSA) is 38.7 Å². The van der Waals surface area contributed by atoms with Crippen LogP contribution in [0.15, 0.2) is 176 Å². The van der Waals surface area contributed by atoms with Crippen LogP contribution in [0, 0.1) is 13.8 Å². The molecule has 0 amide bonds. The van der Waals surface area contributed by atoms with Gasteiger partial charge in [0.15, 0.2) is 17.5 Å². The van der Waals surface area contributed by atoms with E-state index in [2.05, 4.69) is 190 Å². The Kier molecular flexibility index (Phi) is 7.06. The molecule has 0 saturated carbocycles. The zero-order chi connectivity index (χ0) is 38.5. The van der Waals surface area contributed by atoms with Crippen LogP contribution in [0.4, 0.5) is 0 Å². The summed E-state index contributed by atoms with van der Waals surface area (Å²) in [5, 5.41) is 15.2. The molecule has 0 aliphatic rings. The maximum absolute atomic E-state index is 5.25. The fraction of sp³-hybridized carbons (Fsp3) is 0.0364. The van der Waals surface area contributed by atoms with Gasteiger partial charge in [0.05, 0.1) is 0 Å². The normalized spacial score (nSPS) is 12.0. The highest BCUT2D eigenvalue weighted by Gasteiger charge is 2.19. The van der Waals surface area contributed by atoms with Crippen LogP contribution in [0.5, 0.6) is 0 Å². The molecule has 3 nitrogen and oxygen atoms in total. The van der Waals surface area contributed by atoms with E-state index in [-0.39, 0.29) is 0 Å². The Morgan fingerprint density at radius 3 is 1.02 bits per heavy atom. The number of benzene rings is 11. The van der Waals surface area contributed by atoms with E-state index in [4.69, 9.17) is 15.0 Å². The number of aromatic nitrogens is 3. The Morgan fingerprint density at radius 2 is 0.603 bits per heavy atom. The number of aryl methyl sites for hydroxylation is 2. The van der Waals surface area contributed by atoms with E-state index >= 15 is 0 Å². The second-order valence-electron chi connectivity index (χ2n) is 15.8. The molecular formula is C55H35N3. The van der Waals surface area contributed by atoms with E-state index in [1.54, 1.807) is 0 Å². The monoisotopic (exact) mass is 737 g/mol. The third kappa shape index (κ3) is 5.10. The van der Waals surface area contributed by atoms with Crippen molar-refractivity contribution < 1.29 is 0 Å². The van der Waals surface area contributed by atoms with Gasteiger partial charge in [-0.1, -0.05) is 169 Å². The van der Waals surface area contributed by atoms with Gasteiger partial charge in [-0.05, 0) is 119 Å². The molecule has 0 bridgehead atoms. The molecule has 0 N–H and O–H groups in total. The molecule has 12 aromatic rings. The Bertz CT molecular complexity index is 3300. The lowest BCUT2D eigenvalue weighted by Gasteiger charge is -2.18. The van der Waals surface area contributed by atoms with E-state index in [0.29, 0.717) is 17.5 Å². The van der Waals surface area contributed by atoms with Crippen LogP contribution in [-0.2, 0) is 0 Å². The molecule has 3 heteroatoms. The summed E-state index contributed by atoms with van der Waals surface area (Å²) in [4.78, 5) is 15.6. The van der Waals surface area contributed by atoms with Gasteiger partial charge in [-0.15, -0.1) is 0 Å². The highest BCUT2D eigenvalue weighted by Crippen LogP contribution is 2.44. The van der Waals surface area contributed by atoms with Gasteiger partial charge in [-0.25, -0.2) is 15.0 Å². The van der Waals surface area contributed by atoms with Crippen LogP contribution in [0.3, 0.4) is 0 Å². The average Bonchev–Trinajstić information content (AvgIpc) is 3.27. The third-order valence-corrected chi connectivity index (χ3v) is 12.1. The standard InChI is InChI=1S/C55H35N3/c1-32-9-13-40(14-10-32)53-56-54(41-15-11-33(2)12-16-41)58-55(57-53)44-30-42(45-25-21-38-19-17-34-5-3-7-36-23-27-47(45)51(38)49(34)36)29-43(31-44)46-26-22-39-20-18-35-6-4-8-37-24-28-48(46)52(39)50(35)37/h3-31H,1-2H3. The maximum Gasteiger partial charge on any atom is 0.164 e. The van der Waals surface area contributed by atoms with Crippen molar-refractivity contribution in [2.45, 2.75) is 13.8 Å². The summed E-state index contributed by atoms with van der Waals surface area (Å²) in [7, 11) is 0. The first-order chi connectivity index (χ1) is 28.5. The molecule has 0 radical (unpaired) electrons. The molecule has 0 spiro atoms. The van der Waals surface area contributed by atoms with Crippen LogP contribution < -0.4 is 0 Å². The van der Waals surface area contributed by atoms with Crippen LogP contribution in [-0.4, -0.2) is 15.0 Å². The van der Waals surface area contributed by atoms with Crippen LogP contribution in [0.2, 0.25) is 0 Å². The molecular weight excluding hydrogens is 703 g/mol. The lowest BCUT2D eigenvalue weighted by molar-refractivity contribution is 1.07. The fourth-order valence-corrected chi connectivity index (χ4v) is 9.21. The largest absolute Gasteiger partial charge is 0.208 e. The smallest absolute Gasteiger partial charge is 0.164 e. The summed E-state index contributed by atoms with van der Waals surface area (Å²) in [6, 6.07) is 64.3. The summed E-state index contributed by atoms with van der Waals surface area (Å²) in [5.41, 5.74) is 9.82. The quantitative estimate of drug-likeness (QED) is 0.165. The molecule has 270 valence electrons. The lowest BCUT2D eigenvalue weighted by Crippen LogP contribution is -2.01. The van der Waals surface area contributed by atoms with Crippen LogP contribution in [0.1, 0.15) is 11.1 Å². The van der Waals surface area contributed by atoms with Crippen molar-refractivity contribution in [2.24, 2.45) is 0 Å². The van der Waals surface area contributed by atoms with Gasteiger partial charge in [0.1, 0.15) is 0 Å². The maximum atomic E-state index is 5.25. The van der Waals surface area contributed by atoms with Gasteiger partial charge in [-0.3, -0.25) is 0 Å². The Morgan fingerprint density at radius 1 is 0.276 bits per heavy atom. The summed E-state index contributed by atoms with van der Waals surface area (Å²) in [6.07, 6.45) is 0.